The van der Waals surface area contributed by atoms with Crippen LogP contribution in [0, 0.1) is 0 Å². The van der Waals surface area contributed by atoms with E-state index in [9.17, 15) is 5.11 Å². The van der Waals surface area contributed by atoms with E-state index in [0.717, 1.165) is 19.3 Å². The van der Waals surface area contributed by atoms with Crippen molar-refractivity contribution in [1.82, 2.24) is 9.97 Å². The lowest BCUT2D eigenvalue weighted by atomic mass is 10.1. The van der Waals surface area contributed by atoms with Gasteiger partial charge in [0.25, 0.3) is 0 Å². The number of aliphatic hydroxyl groups excluding tert-OH is 1. The van der Waals surface area contributed by atoms with Gasteiger partial charge in [0.2, 0.25) is 5.95 Å². The van der Waals surface area contributed by atoms with Crippen LogP contribution in [0.1, 0.15) is 26.2 Å². The molecule has 1 heterocycles. The first kappa shape index (κ1) is 17.3. The molecule has 1 atom stereocenters. The average Bonchev–Trinajstić information content (AvgIpc) is 2.55. The molecule has 1 unspecified atom stereocenters. The monoisotopic (exact) mass is 336 g/mol. The molecule has 0 amide bonds. The van der Waals surface area contributed by atoms with Crippen molar-refractivity contribution < 1.29 is 9.84 Å². The summed E-state index contributed by atoms with van der Waals surface area (Å²) in [4.78, 5) is 8.12. The van der Waals surface area contributed by atoms with E-state index in [1.807, 2.05) is 6.92 Å². The van der Waals surface area contributed by atoms with Crippen molar-refractivity contribution in [2.75, 3.05) is 17.6 Å². The summed E-state index contributed by atoms with van der Waals surface area (Å²) in [6.07, 6.45) is 3.57. The predicted molar refractivity (Wildman–Crippen MR) is 92.0 cm³/mol. The smallest absolute Gasteiger partial charge is 0.222 e. The number of nitrogens with zero attached hydrogens (tertiary/aromatic N) is 2. The molecule has 2 rings (SSSR count). The van der Waals surface area contributed by atoms with E-state index in [2.05, 4.69) is 15.3 Å². The Morgan fingerprint density at radius 1 is 1.35 bits per heavy atom. The van der Waals surface area contributed by atoms with E-state index < -0.39 is 0 Å². The van der Waals surface area contributed by atoms with Crippen molar-refractivity contribution in [1.29, 1.82) is 0 Å². The number of anilines is 2. The summed E-state index contributed by atoms with van der Waals surface area (Å²) in [6.45, 7) is 2.62. The van der Waals surface area contributed by atoms with E-state index in [1.54, 1.807) is 24.3 Å². The number of rotatable bonds is 8. The zero-order valence-corrected chi connectivity index (χ0v) is 13.8. The van der Waals surface area contributed by atoms with E-state index in [-0.39, 0.29) is 12.1 Å². The van der Waals surface area contributed by atoms with Gasteiger partial charge in [0, 0.05) is 11.6 Å². The lowest BCUT2D eigenvalue weighted by Gasteiger charge is -2.13. The van der Waals surface area contributed by atoms with Crippen LogP contribution in [0.5, 0.6) is 11.5 Å². The molecule has 0 saturated heterocycles. The number of benzene rings is 1. The number of nitrogens with one attached hydrogen (secondary N) is 1. The Morgan fingerprint density at radius 2 is 2.09 bits per heavy atom. The summed E-state index contributed by atoms with van der Waals surface area (Å²) in [6, 6.07) is 7.02. The van der Waals surface area contributed by atoms with Gasteiger partial charge in [0.1, 0.15) is 5.75 Å². The Morgan fingerprint density at radius 3 is 2.78 bits per heavy atom. The Labute approximate surface area is 140 Å². The third-order valence-corrected chi connectivity index (χ3v) is 3.55. The fourth-order valence-electron chi connectivity index (χ4n) is 1.96. The first-order valence-corrected chi connectivity index (χ1v) is 7.94. The number of halogens is 1. The van der Waals surface area contributed by atoms with Crippen LogP contribution in [0.3, 0.4) is 0 Å². The van der Waals surface area contributed by atoms with Gasteiger partial charge in [-0.05, 0) is 43.5 Å². The fraction of sp³-hybridized carbons (Fsp3) is 0.375. The second-order valence-corrected chi connectivity index (χ2v) is 5.56. The van der Waals surface area contributed by atoms with Crippen LogP contribution in [-0.2, 0) is 0 Å². The molecule has 2 aromatic rings. The first-order chi connectivity index (χ1) is 11.1. The molecule has 124 valence electrons. The zero-order valence-electron chi connectivity index (χ0n) is 13.0. The van der Waals surface area contributed by atoms with E-state index in [4.69, 9.17) is 22.1 Å². The average molecular weight is 337 g/mol. The SMILES string of the molecule is CCC(O)CCCNc1nc(N)ncc1Oc1ccc(Cl)cc1. The molecule has 0 saturated carbocycles. The molecule has 0 bridgehead atoms. The molecule has 4 N–H and O–H groups in total. The van der Waals surface area contributed by atoms with Crippen LogP contribution in [0.4, 0.5) is 11.8 Å². The second kappa shape index (κ2) is 8.55. The van der Waals surface area contributed by atoms with E-state index >= 15 is 0 Å². The summed E-state index contributed by atoms with van der Waals surface area (Å²) >= 11 is 5.86. The highest BCUT2D eigenvalue weighted by Crippen LogP contribution is 2.28. The maximum atomic E-state index is 9.56. The first-order valence-electron chi connectivity index (χ1n) is 7.56. The topological polar surface area (TPSA) is 93.3 Å². The summed E-state index contributed by atoms with van der Waals surface area (Å²) in [5.41, 5.74) is 5.64. The highest BCUT2D eigenvalue weighted by Gasteiger charge is 2.09. The van der Waals surface area contributed by atoms with Gasteiger partial charge in [0.15, 0.2) is 11.6 Å². The molecular weight excluding hydrogens is 316 g/mol. The quantitative estimate of drug-likeness (QED) is 0.639. The number of nitrogen functional groups attached to an aromatic ring is 1. The normalized spacial score (nSPS) is 12.0. The Balaban J connectivity index is 2.00. The van der Waals surface area contributed by atoms with Gasteiger partial charge < -0.3 is 20.9 Å². The molecule has 1 aromatic heterocycles. The minimum absolute atomic E-state index is 0.171. The maximum Gasteiger partial charge on any atom is 0.222 e. The number of aromatic nitrogens is 2. The molecule has 0 radical (unpaired) electrons. The summed E-state index contributed by atoms with van der Waals surface area (Å²) in [7, 11) is 0. The van der Waals surface area contributed by atoms with Crippen molar-refractivity contribution in [2.24, 2.45) is 0 Å². The number of ether oxygens (including phenoxy) is 1. The fourth-order valence-corrected chi connectivity index (χ4v) is 2.09. The molecule has 1 aromatic carbocycles. The van der Waals surface area contributed by atoms with Gasteiger partial charge in [-0.3, -0.25) is 0 Å². The van der Waals surface area contributed by atoms with Crippen LogP contribution in [0.2, 0.25) is 5.02 Å². The van der Waals surface area contributed by atoms with Gasteiger partial charge in [0.05, 0.1) is 12.3 Å². The third kappa shape index (κ3) is 5.58. The Kier molecular flexibility index (Phi) is 6.43. The highest BCUT2D eigenvalue weighted by atomic mass is 35.5. The van der Waals surface area contributed by atoms with Crippen LogP contribution >= 0.6 is 11.6 Å². The molecule has 23 heavy (non-hydrogen) atoms. The van der Waals surface area contributed by atoms with Crippen LogP contribution in [0.15, 0.2) is 30.5 Å². The van der Waals surface area contributed by atoms with Crippen molar-refractivity contribution >= 4 is 23.4 Å². The largest absolute Gasteiger partial charge is 0.452 e. The van der Waals surface area contributed by atoms with Crippen molar-refractivity contribution in [3.63, 3.8) is 0 Å². The zero-order chi connectivity index (χ0) is 16.7. The standard InChI is InChI=1S/C16H21ClN4O2/c1-2-12(22)4-3-9-19-15-14(10-20-16(18)21-15)23-13-7-5-11(17)6-8-13/h5-8,10,12,22H,2-4,9H2,1H3,(H3,18,19,20,21). The van der Waals surface area contributed by atoms with Gasteiger partial charge >= 0.3 is 0 Å². The summed E-state index contributed by atoms with van der Waals surface area (Å²) in [5, 5.41) is 13.4. The Hall–Kier alpha value is -2.05. The number of aliphatic hydroxyl groups is 1. The van der Waals surface area contributed by atoms with Crippen LogP contribution < -0.4 is 15.8 Å². The van der Waals surface area contributed by atoms with E-state index in [0.29, 0.717) is 28.9 Å². The van der Waals surface area contributed by atoms with E-state index in [1.165, 1.54) is 6.20 Å². The third-order valence-electron chi connectivity index (χ3n) is 3.29. The summed E-state index contributed by atoms with van der Waals surface area (Å²) in [5.74, 6) is 1.81. The van der Waals surface area contributed by atoms with Gasteiger partial charge in [-0.25, -0.2) is 4.98 Å². The molecule has 6 nitrogen and oxygen atoms in total. The minimum Gasteiger partial charge on any atom is -0.452 e. The molecule has 0 spiro atoms. The van der Waals surface area contributed by atoms with Crippen LogP contribution in [-0.4, -0.2) is 27.7 Å². The van der Waals surface area contributed by atoms with Crippen molar-refractivity contribution in [2.45, 2.75) is 32.3 Å². The van der Waals surface area contributed by atoms with Crippen molar-refractivity contribution in [3.05, 3.63) is 35.5 Å². The lowest BCUT2D eigenvalue weighted by Crippen LogP contribution is -2.11. The van der Waals surface area contributed by atoms with Crippen LogP contribution in [0.25, 0.3) is 0 Å². The Bertz CT molecular complexity index is 622. The summed E-state index contributed by atoms with van der Waals surface area (Å²) < 4.78 is 5.77. The van der Waals surface area contributed by atoms with Gasteiger partial charge in [-0.15, -0.1) is 0 Å². The molecule has 0 aliphatic heterocycles. The molecular formula is C16H21ClN4O2. The number of hydrogen-bond donors (Lipinski definition) is 3. The second-order valence-electron chi connectivity index (χ2n) is 5.13. The maximum absolute atomic E-state index is 9.56. The van der Waals surface area contributed by atoms with Gasteiger partial charge in [-0.1, -0.05) is 18.5 Å². The van der Waals surface area contributed by atoms with Crippen molar-refractivity contribution in [3.8, 4) is 11.5 Å². The molecule has 0 aliphatic carbocycles. The molecule has 0 aliphatic rings. The highest BCUT2D eigenvalue weighted by molar-refractivity contribution is 6.30. The minimum atomic E-state index is -0.267. The number of hydrogen-bond acceptors (Lipinski definition) is 6. The number of nitrogens with two attached hydrogens (primary N) is 1. The predicted octanol–water partition coefficient (Wildman–Crippen LogP) is 3.47. The lowest BCUT2D eigenvalue weighted by molar-refractivity contribution is 0.159. The van der Waals surface area contributed by atoms with Gasteiger partial charge in [-0.2, -0.15) is 4.98 Å². The molecule has 7 heteroatoms. The molecule has 0 fully saturated rings.